The van der Waals surface area contributed by atoms with E-state index in [-0.39, 0.29) is 0 Å². The van der Waals surface area contributed by atoms with Crippen LogP contribution < -0.4 is 0 Å². The van der Waals surface area contributed by atoms with Crippen LogP contribution in [0.4, 0.5) is 0 Å². The fourth-order valence-corrected chi connectivity index (χ4v) is 2.38. The van der Waals surface area contributed by atoms with Crippen LogP contribution in [-0.4, -0.2) is 69.4 Å². The van der Waals surface area contributed by atoms with Gasteiger partial charge in [-0.05, 0) is 19.4 Å². The van der Waals surface area contributed by atoms with Gasteiger partial charge in [0.05, 0.1) is 33.9 Å². The Kier molecular flexibility index (Phi) is 4.77. The van der Waals surface area contributed by atoms with Gasteiger partial charge in [0.25, 0.3) is 0 Å². The number of quaternary nitrogens is 1. The summed E-state index contributed by atoms with van der Waals surface area (Å²) in [6.45, 7) is 7.67. The zero-order chi connectivity index (χ0) is 12.3. The molecule has 0 radical (unpaired) electrons. The maximum Gasteiger partial charge on any atom is 0.102 e. The second kappa shape index (κ2) is 5.48. The Bertz CT molecular complexity index is 210. The van der Waals surface area contributed by atoms with Crippen molar-refractivity contribution in [3.05, 3.63) is 0 Å². The molecule has 0 aromatic rings. The average Bonchev–Trinajstić information content (AvgIpc) is 2.44. The molecular weight excluding hydrogens is 200 g/mol. The summed E-state index contributed by atoms with van der Waals surface area (Å²) in [6, 6.07) is 0.703. The number of hydrogen-bond donors (Lipinski definition) is 0. The topological polar surface area (TPSA) is 12.5 Å². The first kappa shape index (κ1) is 13.9. The summed E-state index contributed by atoms with van der Waals surface area (Å²) in [6.07, 6.45) is 1.65. The minimum absolute atomic E-state index is 0.448. The van der Waals surface area contributed by atoms with Gasteiger partial charge in [-0.3, -0.25) is 0 Å². The third-order valence-corrected chi connectivity index (χ3v) is 3.45. The summed E-state index contributed by atoms with van der Waals surface area (Å²) in [4.78, 5) is 2.45. The first-order valence-electron chi connectivity index (χ1n) is 6.42. The maximum absolute atomic E-state index is 5.97. The Morgan fingerprint density at radius 1 is 1.31 bits per heavy atom. The highest BCUT2D eigenvalue weighted by atomic mass is 16.5. The highest BCUT2D eigenvalue weighted by Gasteiger charge is 2.31. The Labute approximate surface area is 101 Å². The van der Waals surface area contributed by atoms with Crippen molar-refractivity contribution in [3.8, 4) is 0 Å². The van der Waals surface area contributed by atoms with Gasteiger partial charge in [-0.15, -0.1) is 0 Å². The lowest BCUT2D eigenvalue weighted by molar-refractivity contribution is -0.870. The van der Waals surface area contributed by atoms with Crippen LogP contribution >= 0.6 is 0 Å². The van der Waals surface area contributed by atoms with Crippen molar-refractivity contribution >= 4 is 0 Å². The molecule has 0 aromatic heterocycles. The van der Waals surface area contributed by atoms with Crippen LogP contribution in [0.25, 0.3) is 0 Å². The zero-order valence-electron chi connectivity index (χ0n) is 11.9. The first-order valence-corrected chi connectivity index (χ1v) is 6.42. The zero-order valence-corrected chi connectivity index (χ0v) is 11.9. The van der Waals surface area contributed by atoms with Crippen LogP contribution in [0, 0.1) is 5.92 Å². The minimum atomic E-state index is 0.448. The molecule has 16 heavy (non-hydrogen) atoms. The van der Waals surface area contributed by atoms with Crippen LogP contribution in [0.15, 0.2) is 0 Å². The summed E-state index contributed by atoms with van der Waals surface area (Å²) in [5, 5.41) is 0. The lowest BCUT2D eigenvalue weighted by atomic mass is 10.0. The fraction of sp³-hybridized carbons (Fsp3) is 1.00. The predicted molar refractivity (Wildman–Crippen MR) is 68.5 cm³/mol. The predicted octanol–water partition coefficient (Wildman–Crippen LogP) is 1.44. The number of nitrogens with zero attached hydrogens (tertiary/aromatic N) is 2. The van der Waals surface area contributed by atoms with Crippen LogP contribution in [-0.2, 0) is 4.74 Å². The third-order valence-electron chi connectivity index (χ3n) is 3.45. The normalized spacial score (nSPS) is 27.9. The number of likely N-dealkylation sites (tertiary alicyclic amines) is 1. The van der Waals surface area contributed by atoms with Crippen LogP contribution in [0.1, 0.15) is 20.3 Å². The van der Waals surface area contributed by atoms with Crippen molar-refractivity contribution in [2.75, 3.05) is 47.9 Å². The van der Waals surface area contributed by atoms with E-state index in [1.54, 1.807) is 0 Å². The lowest BCUT2D eigenvalue weighted by Gasteiger charge is -2.24. The summed E-state index contributed by atoms with van der Waals surface area (Å²) in [7, 11) is 8.84. The standard InChI is InChI=1S/C13H29N2O/c1-11(2)13-9-12(10-14(13)3)16-8-7-15(4,5)6/h11-13H,7-10H2,1-6H3/q+1. The largest absolute Gasteiger partial charge is 0.371 e. The Hall–Kier alpha value is -0.120. The van der Waals surface area contributed by atoms with Crippen LogP contribution in [0.5, 0.6) is 0 Å². The number of ether oxygens (including phenoxy) is 1. The van der Waals surface area contributed by atoms with Crippen LogP contribution in [0.2, 0.25) is 0 Å². The SMILES string of the molecule is CC(C)C1CC(OCC[N+](C)(C)C)CN1C. The second-order valence-corrected chi connectivity index (χ2v) is 6.49. The van der Waals surface area contributed by atoms with E-state index >= 15 is 0 Å². The van der Waals surface area contributed by atoms with Gasteiger partial charge in [0.15, 0.2) is 0 Å². The van der Waals surface area contributed by atoms with Gasteiger partial charge in [-0.1, -0.05) is 13.8 Å². The van der Waals surface area contributed by atoms with Crippen molar-refractivity contribution in [1.29, 1.82) is 0 Å². The van der Waals surface area contributed by atoms with E-state index in [1.165, 1.54) is 6.42 Å². The molecule has 2 atom stereocenters. The van der Waals surface area contributed by atoms with E-state index in [4.69, 9.17) is 4.74 Å². The van der Waals surface area contributed by atoms with Crippen molar-refractivity contribution in [2.24, 2.45) is 5.92 Å². The Balaban J connectivity index is 2.26. The summed E-state index contributed by atoms with van der Waals surface area (Å²) in [5.74, 6) is 0.733. The van der Waals surface area contributed by atoms with Crippen molar-refractivity contribution < 1.29 is 9.22 Å². The van der Waals surface area contributed by atoms with E-state index in [1.807, 2.05) is 0 Å². The smallest absolute Gasteiger partial charge is 0.102 e. The van der Waals surface area contributed by atoms with Crippen molar-refractivity contribution in [3.63, 3.8) is 0 Å². The molecule has 0 aliphatic carbocycles. The molecule has 0 amide bonds. The van der Waals surface area contributed by atoms with Gasteiger partial charge in [0, 0.05) is 12.6 Å². The molecule has 0 N–H and O–H groups in total. The molecule has 0 bridgehead atoms. The van der Waals surface area contributed by atoms with Gasteiger partial charge in [-0.2, -0.15) is 0 Å². The van der Waals surface area contributed by atoms with Gasteiger partial charge in [0.2, 0.25) is 0 Å². The van der Waals surface area contributed by atoms with Gasteiger partial charge >= 0.3 is 0 Å². The molecule has 1 fully saturated rings. The van der Waals surface area contributed by atoms with E-state index in [9.17, 15) is 0 Å². The molecule has 1 aliphatic rings. The van der Waals surface area contributed by atoms with Crippen LogP contribution in [0.3, 0.4) is 0 Å². The molecule has 3 heteroatoms. The second-order valence-electron chi connectivity index (χ2n) is 6.49. The Morgan fingerprint density at radius 3 is 2.38 bits per heavy atom. The maximum atomic E-state index is 5.97. The number of rotatable bonds is 5. The fourth-order valence-electron chi connectivity index (χ4n) is 2.38. The van der Waals surface area contributed by atoms with Crippen molar-refractivity contribution in [2.45, 2.75) is 32.4 Å². The number of likely N-dealkylation sites (N-methyl/N-ethyl adjacent to an activating group) is 2. The summed E-state index contributed by atoms with van der Waals surface area (Å²) in [5.41, 5.74) is 0. The molecule has 96 valence electrons. The summed E-state index contributed by atoms with van der Waals surface area (Å²) >= 11 is 0. The minimum Gasteiger partial charge on any atom is -0.371 e. The van der Waals surface area contributed by atoms with E-state index in [0.29, 0.717) is 12.1 Å². The highest BCUT2D eigenvalue weighted by molar-refractivity contribution is 4.85. The van der Waals surface area contributed by atoms with Gasteiger partial charge in [-0.25, -0.2) is 0 Å². The van der Waals surface area contributed by atoms with E-state index in [0.717, 1.165) is 30.1 Å². The molecule has 3 nitrogen and oxygen atoms in total. The molecule has 2 unspecified atom stereocenters. The molecule has 1 aliphatic heterocycles. The number of hydrogen-bond acceptors (Lipinski definition) is 2. The van der Waals surface area contributed by atoms with Crippen molar-refractivity contribution in [1.82, 2.24) is 4.90 Å². The van der Waals surface area contributed by atoms with Gasteiger partial charge in [0.1, 0.15) is 6.54 Å². The Morgan fingerprint density at radius 2 is 1.94 bits per heavy atom. The molecule has 0 spiro atoms. The monoisotopic (exact) mass is 229 g/mol. The lowest BCUT2D eigenvalue weighted by Crippen LogP contribution is -2.38. The molecule has 1 heterocycles. The quantitative estimate of drug-likeness (QED) is 0.662. The van der Waals surface area contributed by atoms with E-state index in [2.05, 4.69) is 46.9 Å². The first-order chi connectivity index (χ1) is 7.29. The average molecular weight is 229 g/mol. The molecular formula is C13H29N2O+. The molecule has 0 aromatic carbocycles. The molecule has 1 rings (SSSR count). The van der Waals surface area contributed by atoms with E-state index < -0.39 is 0 Å². The molecule has 0 saturated carbocycles. The third kappa shape index (κ3) is 4.40. The van der Waals surface area contributed by atoms with Gasteiger partial charge < -0.3 is 14.1 Å². The highest BCUT2D eigenvalue weighted by Crippen LogP contribution is 2.24. The molecule has 1 saturated heterocycles. The summed E-state index contributed by atoms with van der Waals surface area (Å²) < 4.78 is 6.95.